The summed E-state index contributed by atoms with van der Waals surface area (Å²) in [5.74, 6) is -0.422. The van der Waals surface area contributed by atoms with Crippen molar-refractivity contribution in [1.82, 2.24) is 0 Å². The molecule has 2 atom stereocenters. The number of rotatable bonds is 4. The molecule has 0 saturated carbocycles. The Labute approximate surface area is 112 Å². The molecule has 1 aromatic rings. The van der Waals surface area contributed by atoms with Crippen LogP contribution in [0.5, 0.6) is 5.75 Å². The minimum atomic E-state index is -0.989. The Bertz CT molecular complexity index is 481. The van der Waals surface area contributed by atoms with Crippen molar-refractivity contribution in [3.63, 3.8) is 0 Å². The van der Waals surface area contributed by atoms with E-state index in [0.717, 1.165) is 24.0 Å². The van der Waals surface area contributed by atoms with Crippen molar-refractivity contribution in [2.75, 3.05) is 6.61 Å². The van der Waals surface area contributed by atoms with E-state index in [4.69, 9.17) is 14.6 Å². The molecule has 1 aromatic carbocycles. The van der Waals surface area contributed by atoms with E-state index in [1.807, 2.05) is 25.1 Å². The Balaban J connectivity index is 2.18. The van der Waals surface area contributed by atoms with Gasteiger partial charge in [-0.25, -0.2) is 4.79 Å². The summed E-state index contributed by atoms with van der Waals surface area (Å²) in [6.45, 7) is 5.69. The molecule has 1 N–H and O–H groups in total. The molecular weight excluding hydrogens is 244 g/mol. The molecule has 1 heterocycles. The summed E-state index contributed by atoms with van der Waals surface area (Å²) in [5, 5.41) is 8.69. The highest BCUT2D eigenvalue weighted by Crippen LogP contribution is 2.37. The van der Waals surface area contributed by atoms with Gasteiger partial charge in [0.15, 0.2) is 6.61 Å². The van der Waals surface area contributed by atoms with E-state index in [-0.39, 0.29) is 18.8 Å². The maximum atomic E-state index is 10.6. The summed E-state index contributed by atoms with van der Waals surface area (Å²) >= 11 is 0. The quantitative estimate of drug-likeness (QED) is 0.848. The van der Waals surface area contributed by atoms with E-state index < -0.39 is 5.97 Å². The molecule has 19 heavy (non-hydrogen) atoms. The van der Waals surface area contributed by atoms with Crippen LogP contribution < -0.4 is 4.74 Å². The van der Waals surface area contributed by atoms with Crippen molar-refractivity contribution in [2.24, 2.45) is 0 Å². The Morgan fingerprint density at radius 2 is 2.21 bits per heavy atom. The van der Waals surface area contributed by atoms with Crippen molar-refractivity contribution >= 4 is 5.97 Å². The highest BCUT2D eigenvalue weighted by Gasteiger charge is 2.25. The van der Waals surface area contributed by atoms with Gasteiger partial charge in [0.2, 0.25) is 0 Å². The first kappa shape index (κ1) is 13.6. The number of benzene rings is 1. The zero-order valence-corrected chi connectivity index (χ0v) is 11.0. The van der Waals surface area contributed by atoms with Gasteiger partial charge in [-0.1, -0.05) is 30.4 Å². The van der Waals surface area contributed by atoms with Gasteiger partial charge < -0.3 is 14.6 Å². The summed E-state index contributed by atoms with van der Waals surface area (Å²) < 4.78 is 11.2. The van der Waals surface area contributed by atoms with E-state index in [2.05, 4.69) is 6.58 Å². The minimum Gasteiger partial charge on any atom is -0.482 e. The first-order valence-corrected chi connectivity index (χ1v) is 6.32. The molecule has 1 aliphatic rings. The minimum absolute atomic E-state index is 0.110. The molecule has 4 heteroatoms. The molecule has 0 aliphatic carbocycles. The SMILES string of the molecule is C=C1C[C@@H](C)O[C@@H](c2ccccc2OCC(=O)O)C1. The van der Waals surface area contributed by atoms with Crippen LogP contribution in [0.25, 0.3) is 0 Å². The summed E-state index contributed by atoms with van der Waals surface area (Å²) in [7, 11) is 0. The van der Waals surface area contributed by atoms with E-state index >= 15 is 0 Å². The van der Waals surface area contributed by atoms with Crippen LogP contribution >= 0.6 is 0 Å². The molecule has 0 spiro atoms. The van der Waals surface area contributed by atoms with Gasteiger partial charge in [0, 0.05) is 5.56 Å². The third kappa shape index (κ3) is 3.58. The number of ether oxygens (including phenoxy) is 2. The average Bonchev–Trinajstić information content (AvgIpc) is 2.35. The second kappa shape index (κ2) is 5.89. The number of hydrogen-bond donors (Lipinski definition) is 1. The van der Waals surface area contributed by atoms with E-state index in [1.54, 1.807) is 6.07 Å². The standard InChI is InChI=1S/C15H18O4/c1-10-7-11(2)19-14(8-10)12-5-3-4-6-13(12)18-9-15(16)17/h3-6,11,14H,1,7-9H2,2H3,(H,16,17)/t11-,14-/m1/s1. The van der Waals surface area contributed by atoms with Crippen molar-refractivity contribution in [1.29, 1.82) is 0 Å². The van der Waals surface area contributed by atoms with Crippen LogP contribution in [0, 0.1) is 0 Å². The lowest BCUT2D eigenvalue weighted by Gasteiger charge is -2.30. The van der Waals surface area contributed by atoms with Crippen LogP contribution in [0.15, 0.2) is 36.4 Å². The molecule has 1 saturated heterocycles. The number of hydrogen-bond acceptors (Lipinski definition) is 3. The van der Waals surface area contributed by atoms with Crippen molar-refractivity contribution in [3.05, 3.63) is 42.0 Å². The van der Waals surface area contributed by atoms with Gasteiger partial charge in [-0.15, -0.1) is 0 Å². The van der Waals surface area contributed by atoms with Crippen LogP contribution in [-0.2, 0) is 9.53 Å². The third-order valence-corrected chi connectivity index (χ3v) is 3.06. The van der Waals surface area contributed by atoms with Crippen LogP contribution in [0.4, 0.5) is 0 Å². The number of para-hydroxylation sites is 1. The zero-order chi connectivity index (χ0) is 13.8. The van der Waals surface area contributed by atoms with Gasteiger partial charge in [0.25, 0.3) is 0 Å². The first-order valence-electron chi connectivity index (χ1n) is 6.32. The monoisotopic (exact) mass is 262 g/mol. The van der Waals surface area contributed by atoms with E-state index in [1.165, 1.54) is 0 Å². The largest absolute Gasteiger partial charge is 0.482 e. The highest BCUT2D eigenvalue weighted by molar-refractivity contribution is 5.68. The molecule has 0 aromatic heterocycles. The van der Waals surface area contributed by atoms with E-state index in [9.17, 15) is 4.79 Å². The second-order valence-electron chi connectivity index (χ2n) is 4.81. The third-order valence-electron chi connectivity index (χ3n) is 3.06. The molecule has 1 aliphatic heterocycles. The highest BCUT2D eigenvalue weighted by atomic mass is 16.5. The Kier molecular flexibility index (Phi) is 4.22. The van der Waals surface area contributed by atoms with Gasteiger partial charge in [-0.05, 0) is 25.8 Å². The Morgan fingerprint density at radius 1 is 1.47 bits per heavy atom. The van der Waals surface area contributed by atoms with Gasteiger partial charge >= 0.3 is 5.97 Å². The summed E-state index contributed by atoms with van der Waals surface area (Å²) in [6, 6.07) is 7.40. The predicted octanol–water partition coefficient (Wildman–Crippen LogP) is 2.95. The first-order chi connectivity index (χ1) is 9.06. The van der Waals surface area contributed by atoms with Crippen molar-refractivity contribution < 1.29 is 19.4 Å². The molecule has 0 unspecified atom stereocenters. The maximum absolute atomic E-state index is 10.6. The molecule has 4 nitrogen and oxygen atoms in total. The Hall–Kier alpha value is -1.81. The summed E-state index contributed by atoms with van der Waals surface area (Å²) in [4.78, 5) is 10.6. The maximum Gasteiger partial charge on any atom is 0.341 e. The Morgan fingerprint density at radius 3 is 2.89 bits per heavy atom. The topological polar surface area (TPSA) is 55.8 Å². The smallest absolute Gasteiger partial charge is 0.341 e. The second-order valence-corrected chi connectivity index (χ2v) is 4.81. The molecule has 0 amide bonds. The summed E-state index contributed by atoms with van der Waals surface area (Å²) in [6.07, 6.45) is 1.63. The fraction of sp³-hybridized carbons (Fsp3) is 0.400. The molecular formula is C15H18O4. The lowest BCUT2D eigenvalue weighted by Crippen LogP contribution is -2.21. The van der Waals surface area contributed by atoms with E-state index in [0.29, 0.717) is 5.75 Å². The van der Waals surface area contributed by atoms with Crippen LogP contribution in [-0.4, -0.2) is 23.8 Å². The average molecular weight is 262 g/mol. The number of carboxylic acids is 1. The number of carboxylic acid groups (broad SMARTS) is 1. The van der Waals surface area contributed by atoms with Crippen molar-refractivity contribution in [3.8, 4) is 5.75 Å². The van der Waals surface area contributed by atoms with Crippen LogP contribution in [0.2, 0.25) is 0 Å². The number of carbonyl (C=O) groups is 1. The molecule has 0 bridgehead atoms. The fourth-order valence-electron chi connectivity index (χ4n) is 2.33. The van der Waals surface area contributed by atoms with Gasteiger partial charge in [-0.2, -0.15) is 0 Å². The lowest BCUT2D eigenvalue weighted by molar-refractivity contribution is -0.139. The van der Waals surface area contributed by atoms with Gasteiger partial charge in [-0.3, -0.25) is 0 Å². The molecule has 0 radical (unpaired) electrons. The van der Waals surface area contributed by atoms with Crippen molar-refractivity contribution in [2.45, 2.75) is 32.0 Å². The lowest BCUT2D eigenvalue weighted by atomic mass is 9.95. The molecule has 1 fully saturated rings. The number of aliphatic carboxylic acids is 1. The summed E-state index contributed by atoms with van der Waals surface area (Å²) in [5.41, 5.74) is 2.04. The van der Waals surface area contributed by atoms with Gasteiger partial charge in [0.05, 0.1) is 12.2 Å². The van der Waals surface area contributed by atoms with Gasteiger partial charge in [0.1, 0.15) is 5.75 Å². The fourth-order valence-corrected chi connectivity index (χ4v) is 2.33. The zero-order valence-electron chi connectivity index (χ0n) is 11.0. The van der Waals surface area contributed by atoms with Crippen LogP contribution in [0.3, 0.4) is 0 Å². The predicted molar refractivity (Wildman–Crippen MR) is 71.2 cm³/mol. The molecule has 2 rings (SSSR count). The molecule has 102 valence electrons. The normalized spacial score (nSPS) is 23.1. The van der Waals surface area contributed by atoms with Crippen LogP contribution in [0.1, 0.15) is 31.4 Å².